The molecule has 2 heterocycles. The van der Waals surface area contributed by atoms with Crippen LogP contribution in [-0.4, -0.2) is 42.2 Å². The monoisotopic (exact) mass is 383 g/mol. The number of fused-ring (bicyclic) bond motifs is 1. The summed E-state index contributed by atoms with van der Waals surface area (Å²) >= 11 is 0. The Labute approximate surface area is 164 Å². The first-order chi connectivity index (χ1) is 13.5. The number of aromatic nitrogens is 2. The van der Waals surface area contributed by atoms with Crippen molar-refractivity contribution in [1.29, 1.82) is 0 Å². The van der Waals surface area contributed by atoms with Gasteiger partial charge in [-0.2, -0.15) is 0 Å². The fourth-order valence-electron chi connectivity index (χ4n) is 3.15. The number of nitrogens with two attached hydrogens (primary N) is 1. The van der Waals surface area contributed by atoms with Gasteiger partial charge in [-0.05, 0) is 49.7 Å². The third-order valence-corrected chi connectivity index (χ3v) is 4.54. The van der Waals surface area contributed by atoms with Crippen molar-refractivity contribution in [1.82, 2.24) is 9.38 Å². The van der Waals surface area contributed by atoms with Crippen LogP contribution in [0.1, 0.15) is 18.2 Å². The Morgan fingerprint density at radius 3 is 2.61 bits per heavy atom. The molecule has 148 valence electrons. The maximum absolute atomic E-state index is 12.1. The van der Waals surface area contributed by atoms with Crippen LogP contribution in [0.4, 0.5) is 0 Å². The Bertz CT molecular complexity index is 997. The predicted molar refractivity (Wildman–Crippen MR) is 107 cm³/mol. The standard InChI is InChI=1S/C21H25N3O4/c1-5-28-21(25)15(22)12-16-20(23-19-10-13(2)8-9-24(16)19)14-6-7-17(26-3)18(11-14)27-4/h6-11,15H,5,12,22H2,1-4H3. The first-order valence-corrected chi connectivity index (χ1v) is 9.10. The lowest BCUT2D eigenvalue weighted by molar-refractivity contribution is -0.144. The van der Waals surface area contributed by atoms with E-state index in [-0.39, 0.29) is 0 Å². The molecule has 0 aliphatic heterocycles. The van der Waals surface area contributed by atoms with Gasteiger partial charge in [-0.25, -0.2) is 4.98 Å². The number of benzene rings is 1. The van der Waals surface area contributed by atoms with Crippen molar-refractivity contribution in [3.05, 3.63) is 47.8 Å². The molecule has 0 spiro atoms. The van der Waals surface area contributed by atoms with Crippen LogP contribution < -0.4 is 15.2 Å². The number of hydrogen-bond donors (Lipinski definition) is 1. The van der Waals surface area contributed by atoms with E-state index in [1.165, 1.54) is 0 Å². The van der Waals surface area contributed by atoms with Crippen LogP contribution in [0.25, 0.3) is 16.9 Å². The number of esters is 1. The molecule has 2 N–H and O–H groups in total. The molecule has 0 radical (unpaired) electrons. The Kier molecular flexibility index (Phi) is 5.84. The van der Waals surface area contributed by atoms with Crippen LogP contribution in [-0.2, 0) is 16.0 Å². The molecule has 2 aromatic heterocycles. The number of ether oxygens (including phenoxy) is 3. The molecular weight excluding hydrogens is 358 g/mol. The third kappa shape index (κ3) is 3.80. The van der Waals surface area contributed by atoms with Gasteiger partial charge < -0.3 is 24.3 Å². The molecule has 7 heteroatoms. The summed E-state index contributed by atoms with van der Waals surface area (Å²) in [6.45, 7) is 4.06. The van der Waals surface area contributed by atoms with Crippen LogP contribution in [0.3, 0.4) is 0 Å². The highest BCUT2D eigenvalue weighted by atomic mass is 16.5. The number of carbonyl (C=O) groups excluding carboxylic acids is 1. The van der Waals surface area contributed by atoms with Crippen molar-refractivity contribution in [2.24, 2.45) is 5.73 Å². The van der Waals surface area contributed by atoms with Crippen LogP contribution in [0.2, 0.25) is 0 Å². The van der Waals surface area contributed by atoms with Crippen molar-refractivity contribution in [3.63, 3.8) is 0 Å². The van der Waals surface area contributed by atoms with E-state index in [9.17, 15) is 4.79 Å². The van der Waals surface area contributed by atoms with Gasteiger partial charge in [0.05, 0.1) is 32.2 Å². The Morgan fingerprint density at radius 1 is 1.18 bits per heavy atom. The van der Waals surface area contributed by atoms with Gasteiger partial charge in [0.1, 0.15) is 11.7 Å². The minimum Gasteiger partial charge on any atom is -0.493 e. The minimum absolute atomic E-state index is 0.293. The van der Waals surface area contributed by atoms with Gasteiger partial charge in [0, 0.05) is 18.2 Å². The number of nitrogens with zero attached hydrogens (tertiary/aromatic N) is 2. The zero-order valence-electron chi connectivity index (χ0n) is 16.6. The quantitative estimate of drug-likeness (QED) is 0.631. The molecule has 0 saturated carbocycles. The highest BCUT2D eigenvalue weighted by Crippen LogP contribution is 2.34. The average Bonchev–Trinajstić information content (AvgIpc) is 3.04. The molecule has 28 heavy (non-hydrogen) atoms. The number of rotatable bonds is 7. The summed E-state index contributed by atoms with van der Waals surface area (Å²) in [5.41, 5.74) is 10.4. The average molecular weight is 383 g/mol. The van der Waals surface area contributed by atoms with Crippen LogP contribution in [0.5, 0.6) is 11.5 Å². The molecule has 0 fully saturated rings. The van der Waals surface area contributed by atoms with E-state index < -0.39 is 12.0 Å². The number of hydrogen-bond acceptors (Lipinski definition) is 6. The zero-order valence-corrected chi connectivity index (χ0v) is 16.6. The summed E-state index contributed by atoms with van der Waals surface area (Å²) in [4.78, 5) is 16.9. The van der Waals surface area contributed by atoms with E-state index in [0.29, 0.717) is 24.5 Å². The summed E-state index contributed by atoms with van der Waals surface area (Å²) in [7, 11) is 3.18. The number of carbonyl (C=O) groups is 1. The van der Waals surface area contributed by atoms with Crippen LogP contribution >= 0.6 is 0 Å². The highest BCUT2D eigenvalue weighted by Gasteiger charge is 2.22. The number of imidazole rings is 1. The van der Waals surface area contributed by atoms with Crippen molar-refractivity contribution >= 4 is 11.6 Å². The maximum atomic E-state index is 12.1. The second-order valence-electron chi connectivity index (χ2n) is 6.47. The number of methoxy groups -OCH3 is 2. The molecule has 3 aromatic rings. The normalized spacial score (nSPS) is 12.0. The summed E-state index contributed by atoms with van der Waals surface area (Å²) in [5, 5.41) is 0. The molecule has 0 saturated heterocycles. The first kappa shape index (κ1) is 19.7. The maximum Gasteiger partial charge on any atom is 0.323 e. The molecule has 0 aliphatic carbocycles. The lowest BCUT2D eigenvalue weighted by Crippen LogP contribution is -2.34. The summed E-state index contributed by atoms with van der Waals surface area (Å²) in [5.74, 6) is 0.812. The number of aryl methyl sites for hydroxylation is 1. The summed E-state index contributed by atoms with van der Waals surface area (Å²) in [6, 6.07) is 8.82. The first-order valence-electron chi connectivity index (χ1n) is 9.10. The molecule has 0 aliphatic rings. The fourth-order valence-corrected chi connectivity index (χ4v) is 3.15. The lowest BCUT2D eigenvalue weighted by Gasteiger charge is -2.13. The Morgan fingerprint density at radius 2 is 1.93 bits per heavy atom. The van der Waals surface area contributed by atoms with Gasteiger partial charge in [0.2, 0.25) is 0 Å². The van der Waals surface area contributed by atoms with Gasteiger partial charge in [-0.1, -0.05) is 0 Å². The molecule has 3 rings (SSSR count). The van der Waals surface area contributed by atoms with E-state index in [0.717, 1.165) is 28.2 Å². The summed E-state index contributed by atoms with van der Waals surface area (Å²) < 4.78 is 17.8. The highest BCUT2D eigenvalue weighted by molar-refractivity contribution is 5.77. The van der Waals surface area contributed by atoms with E-state index in [1.54, 1.807) is 21.1 Å². The minimum atomic E-state index is -0.778. The SMILES string of the molecule is CCOC(=O)C(N)Cc1c(-c2ccc(OC)c(OC)c2)nc2cc(C)ccn12. The van der Waals surface area contributed by atoms with E-state index in [1.807, 2.05) is 47.9 Å². The number of pyridine rings is 1. The molecule has 7 nitrogen and oxygen atoms in total. The molecule has 0 amide bonds. The van der Waals surface area contributed by atoms with Gasteiger partial charge in [-0.3, -0.25) is 4.79 Å². The van der Waals surface area contributed by atoms with Crippen molar-refractivity contribution in [2.75, 3.05) is 20.8 Å². The molecular formula is C21H25N3O4. The van der Waals surface area contributed by atoms with Crippen LogP contribution in [0, 0.1) is 6.92 Å². The van der Waals surface area contributed by atoms with Gasteiger partial charge in [0.25, 0.3) is 0 Å². The Balaban J connectivity index is 2.12. The van der Waals surface area contributed by atoms with Gasteiger partial charge in [-0.15, -0.1) is 0 Å². The molecule has 0 bridgehead atoms. The molecule has 1 aromatic carbocycles. The van der Waals surface area contributed by atoms with Crippen LogP contribution in [0.15, 0.2) is 36.5 Å². The largest absolute Gasteiger partial charge is 0.493 e. The van der Waals surface area contributed by atoms with Crippen molar-refractivity contribution in [2.45, 2.75) is 26.3 Å². The predicted octanol–water partition coefficient (Wildman–Crippen LogP) is 2.76. The van der Waals surface area contributed by atoms with E-state index in [4.69, 9.17) is 24.9 Å². The van der Waals surface area contributed by atoms with Gasteiger partial charge in [0.15, 0.2) is 11.5 Å². The smallest absolute Gasteiger partial charge is 0.323 e. The Hall–Kier alpha value is -3.06. The fraction of sp³-hybridized carbons (Fsp3) is 0.333. The van der Waals surface area contributed by atoms with Crippen molar-refractivity contribution in [3.8, 4) is 22.8 Å². The zero-order chi connectivity index (χ0) is 20.3. The second kappa shape index (κ2) is 8.31. The third-order valence-electron chi connectivity index (χ3n) is 4.54. The second-order valence-corrected chi connectivity index (χ2v) is 6.47. The van der Waals surface area contributed by atoms with E-state index >= 15 is 0 Å². The topological polar surface area (TPSA) is 88.1 Å². The molecule has 1 atom stereocenters. The van der Waals surface area contributed by atoms with Crippen molar-refractivity contribution < 1.29 is 19.0 Å². The molecule has 1 unspecified atom stereocenters. The lowest BCUT2D eigenvalue weighted by atomic mass is 10.0. The van der Waals surface area contributed by atoms with Gasteiger partial charge >= 0.3 is 5.97 Å². The summed E-state index contributed by atoms with van der Waals surface area (Å²) in [6.07, 6.45) is 2.24. The van der Waals surface area contributed by atoms with E-state index in [2.05, 4.69) is 0 Å².